The highest BCUT2D eigenvalue weighted by molar-refractivity contribution is 6.35. The number of halogens is 4. The molecule has 0 bridgehead atoms. The van der Waals surface area contributed by atoms with E-state index in [0.717, 1.165) is 17.2 Å². The minimum Gasteiger partial charge on any atom is -0.385 e. The van der Waals surface area contributed by atoms with E-state index in [1.807, 2.05) is 25.1 Å². The van der Waals surface area contributed by atoms with Crippen molar-refractivity contribution in [3.63, 3.8) is 0 Å². The molecule has 2 aromatic rings. The van der Waals surface area contributed by atoms with Gasteiger partial charge in [0.05, 0.1) is 10.6 Å². The summed E-state index contributed by atoms with van der Waals surface area (Å²) in [6, 6.07) is 8.01. The summed E-state index contributed by atoms with van der Waals surface area (Å²) >= 11 is 17.9. The predicted molar refractivity (Wildman–Crippen MR) is 85.9 cm³/mol. The lowest BCUT2D eigenvalue weighted by molar-refractivity contribution is 0.0574. The molecule has 1 unspecified atom stereocenters. The van der Waals surface area contributed by atoms with Gasteiger partial charge in [0.25, 0.3) is 0 Å². The molecule has 1 N–H and O–H groups in total. The first-order valence-corrected chi connectivity index (χ1v) is 7.46. The van der Waals surface area contributed by atoms with E-state index in [4.69, 9.17) is 34.8 Å². The molecule has 0 spiro atoms. The number of benzene rings is 2. The van der Waals surface area contributed by atoms with Gasteiger partial charge in [0.15, 0.2) is 0 Å². The highest BCUT2D eigenvalue weighted by Crippen LogP contribution is 2.35. The fourth-order valence-electron chi connectivity index (χ4n) is 2.20. The highest BCUT2D eigenvalue weighted by atomic mass is 35.5. The third-order valence-corrected chi connectivity index (χ3v) is 4.29. The van der Waals surface area contributed by atoms with Crippen LogP contribution in [-0.2, 0) is 12.0 Å². The van der Waals surface area contributed by atoms with E-state index < -0.39 is 11.4 Å². The van der Waals surface area contributed by atoms with E-state index in [1.54, 1.807) is 6.92 Å². The molecule has 112 valence electrons. The zero-order valence-electron chi connectivity index (χ0n) is 11.6. The van der Waals surface area contributed by atoms with Crippen LogP contribution in [0.1, 0.15) is 23.6 Å². The molecule has 21 heavy (non-hydrogen) atoms. The first-order chi connectivity index (χ1) is 9.70. The fraction of sp³-hybridized carbons (Fsp3) is 0.250. The first-order valence-electron chi connectivity index (χ1n) is 6.33. The SMILES string of the molecule is Cc1ccc(CC(C)(O)c2cc(F)c(Cl)cc2Cl)c(Cl)c1. The normalized spacial score (nSPS) is 14.0. The Labute approximate surface area is 138 Å². The van der Waals surface area contributed by atoms with Crippen LogP contribution in [-0.4, -0.2) is 5.11 Å². The standard InChI is InChI=1S/C16H14Cl3FO/c1-9-3-4-10(12(17)5-9)8-16(2,21)11-6-15(20)14(19)7-13(11)18/h3-7,21H,8H2,1-2H3. The summed E-state index contributed by atoms with van der Waals surface area (Å²) in [6.07, 6.45) is 0.215. The second-order valence-electron chi connectivity index (χ2n) is 5.29. The van der Waals surface area contributed by atoms with E-state index in [0.29, 0.717) is 5.02 Å². The Bertz CT molecular complexity index is 683. The third-order valence-electron chi connectivity index (χ3n) is 3.33. The second kappa shape index (κ2) is 6.13. The summed E-state index contributed by atoms with van der Waals surface area (Å²) in [5, 5.41) is 11.4. The maximum Gasteiger partial charge on any atom is 0.142 e. The van der Waals surface area contributed by atoms with Gasteiger partial charge in [-0.1, -0.05) is 46.9 Å². The Morgan fingerprint density at radius 1 is 1.05 bits per heavy atom. The van der Waals surface area contributed by atoms with Crippen LogP contribution in [0.3, 0.4) is 0 Å². The molecule has 0 fully saturated rings. The third kappa shape index (κ3) is 3.70. The Hall–Kier alpha value is -0.800. The summed E-state index contributed by atoms with van der Waals surface area (Å²) in [4.78, 5) is 0. The van der Waals surface area contributed by atoms with Gasteiger partial charge in [-0.3, -0.25) is 0 Å². The predicted octanol–water partition coefficient (Wildman–Crippen LogP) is 5.54. The van der Waals surface area contributed by atoms with Crippen molar-refractivity contribution in [2.24, 2.45) is 0 Å². The Morgan fingerprint density at radius 3 is 2.33 bits per heavy atom. The van der Waals surface area contributed by atoms with Crippen molar-refractivity contribution in [3.05, 3.63) is 67.9 Å². The average Bonchev–Trinajstić information content (AvgIpc) is 2.37. The topological polar surface area (TPSA) is 20.2 Å². The molecule has 0 amide bonds. The van der Waals surface area contributed by atoms with Gasteiger partial charge < -0.3 is 5.11 Å². The van der Waals surface area contributed by atoms with Crippen molar-refractivity contribution >= 4 is 34.8 Å². The number of aliphatic hydroxyl groups is 1. The van der Waals surface area contributed by atoms with Gasteiger partial charge in [-0.2, -0.15) is 0 Å². The van der Waals surface area contributed by atoms with Gasteiger partial charge in [0, 0.05) is 22.0 Å². The van der Waals surface area contributed by atoms with E-state index in [2.05, 4.69) is 0 Å². The number of aryl methyl sites for hydroxylation is 1. The lowest BCUT2D eigenvalue weighted by atomic mass is 9.88. The molecule has 0 aliphatic carbocycles. The van der Waals surface area contributed by atoms with Gasteiger partial charge in [-0.15, -0.1) is 0 Å². The molecule has 0 aliphatic heterocycles. The van der Waals surface area contributed by atoms with Crippen LogP contribution in [0.15, 0.2) is 30.3 Å². The fourth-order valence-corrected chi connectivity index (χ4v) is 3.09. The molecule has 0 radical (unpaired) electrons. The van der Waals surface area contributed by atoms with E-state index >= 15 is 0 Å². The summed E-state index contributed by atoms with van der Waals surface area (Å²) in [5.41, 5.74) is 0.710. The minimum atomic E-state index is -1.36. The Morgan fingerprint density at radius 2 is 1.71 bits per heavy atom. The molecule has 0 saturated heterocycles. The number of hydrogen-bond donors (Lipinski definition) is 1. The molecule has 0 aromatic heterocycles. The second-order valence-corrected chi connectivity index (χ2v) is 6.51. The molecule has 0 saturated carbocycles. The highest BCUT2D eigenvalue weighted by Gasteiger charge is 2.28. The van der Waals surface area contributed by atoms with Crippen LogP contribution in [0.5, 0.6) is 0 Å². The maximum absolute atomic E-state index is 13.6. The zero-order chi connectivity index (χ0) is 15.8. The number of hydrogen-bond acceptors (Lipinski definition) is 1. The smallest absolute Gasteiger partial charge is 0.142 e. The van der Waals surface area contributed by atoms with Gasteiger partial charge in [-0.05, 0) is 43.2 Å². The van der Waals surface area contributed by atoms with Gasteiger partial charge in [-0.25, -0.2) is 4.39 Å². The maximum atomic E-state index is 13.6. The molecular weight excluding hydrogens is 334 g/mol. The monoisotopic (exact) mass is 346 g/mol. The van der Waals surface area contributed by atoms with Gasteiger partial charge in [0.2, 0.25) is 0 Å². The molecule has 5 heteroatoms. The molecular formula is C16H14Cl3FO. The van der Waals surface area contributed by atoms with Crippen LogP contribution in [0.4, 0.5) is 4.39 Å². The van der Waals surface area contributed by atoms with Crippen molar-refractivity contribution in [1.29, 1.82) is 0 Å². The zero-order valence-corrected chi connectivity index (χ0v) is 13.8. The minimum absolute atomic E-state index is 0.0760. The molecule has 0 heterocycles. The Kier molecular flexibility index (Phi) is 4.84. The van der Waals surface area contributed by atoms with E-state index in [9.17, 15) is 9.50 Å². The lowest BCUT2D eigenvalue weighted by Gasteiger charge is -2.26. The van der Waals surface area contributed by atoms with Crippen LogP contribution >= 0.6 is 34.8 Å². The van der Waals surface area contributed by atoms with Crippen molar-refractivity contribution in [2.75, 3.05) is 0 Å². The van der Waals surface area contributed by atoms with E-state index in [-0.39, 0.29) is 22.0 Å². The van der Waals surface area contributed by atoms with E-state index in [1.165, 1.54) is 6.07 Å². The van der Waals surface area contributed by atoms with Crippen molar-refractivity contribution in [3.8, 4) is 0 Å². The summed E-state index contributed by atoms with van der Waals surface area (Å²) in [7, 11) is 0. The average molecular weight is 348 g/mol. The lowest BCUT2D eigenvalue weighted by Crippen LogP contribution is -2.25. The summed E-state index contributed by atoms with van der Waals surface area (Å²) in [6.45, 7) is 3.50. The van der Waals surface area contributed by atoms with Gasteiger partial charge in [0.1, 0.15) is 5.82 Å². The van der Waals surface area contributed by atoms with Crippen LogP contribution in [0.25, 0.3) is 0 Å². The first kappa shape index (κ1) is 16.6. The molecule has 2 aromatic carbocycles. The van der Waals surface area contributed by atoms with Crippen molar-refractivity contribution in [2.45, 2.75) is 25.9 Å². The quantitative estimate of drug-likeness (QED) is 0.722. The van der Waals surface area contributed by atoms with Crippen LogP contribution < -0.4 is 0 Å². The number of rotatable bonds is 3. The van der Waals surface area contributed by atoms with Gasteiger partial charge >= 0.3 is 0 Å². The van der Waals surface area contributed by atoms with Crippen LogP contribution in [0, 0.1) is 12.7 Å². The molecule has 1 nitrogen and oxygen atoms in total. The van der Waals surface area contributed by atoms with Crippen molar-refractivity contribution in [1.82, 2.24) is 0 Å². The Balaban J connectivity index is 2.40. The summed E-state index contributed by atoms with van der Waals surface area (Å²) in [5.74, 6) is -0.619. The van der Waals surface area contributed by atoms with Crippen LogP contribution in [0.2, 0.25) is 15.1 Å². The largest absolute Gasteiger partial charge is 0.385 e. The molecule has 2 rings (SSSR count). The summed E-state index contributed by atoms with van der Waals surface area (Å²) < 4.78 is 13.6. The molecule has 0 aliphatic rings. The van der Waals surface area contributed by atoms with Crippen molar-refractivity contribution < 1.29 is 9.50 Å². The molecule has 1 atom stereocenters.